The summed E-state index contributed by atoms with van der Waals surface area (Å²) in [5.74, 6) is -0.0593. The van der Waals surface area contributed by atoms with Crippen LogP contribution < -0.4 is 5.32 Å². The van der Waals surface area contributed by atoms with E-state index in [0.29, 0.717) is 16.6 Å². The van der Waals surface area contributed by atoms with Crippen molar-refractivity contribution in [3.8, 4) is 11.3 Å². The molecule has 1 aliphatic heterocycles. The summed E-state index contributed by atoms with van der Waals surface area (Å²) in [5.41, 5.74) is 5.11. The molecule has 4 aromatic rings. The summed E-state index contributed by atoms with van der Waals surface area (Å²) in [5, 5.41) is 13.4. The largest absolute Gasteiger partial charge is 0.354 e. The maximum Gasteiger partial charge on any atom is 0.239 e. The number of amides is 1. The number of carbonyl (C=O) groups excluding carboxylic acids is 1. The van der Waals surface area contributed by atoms with E-state index in [1.807, 2.05) is 60.7 Å². The fraction of sp³-hybridized carbons (Fsp3) is 0.0800. The van der Waals surface area contributed by atoms with E-state index in [9.17, 15) is 4.79 Å². The third-order valence-electron chi connectivity index (χ3n) is 5.25. The second-order valence-electron chi connectivity index (χ2n) is 7.40. The lowest BCUT2D eigenvalue weighted by molar-refractivity contribution is -0.118. The van der Waals surface area contributed by atoms with Crippen molar-refractivity contribution in [3.63, 3.8) is 0 Å². The van der Waals surface area contributed by atoms with E-state index in [4.69, 9.17) is 11.6 Å². The van der Waals surface area contributed by atoms with Gasteiger partial charge in [0.15, 0.2) is 5.17 Å². The molecule has 1 aliphatic rings. The van der Waals surface area contributed by atoms with Gasteiger partial charge in [-0.15, -0.1) is 5.10 Å². The van der Waals surface area contributed by atoms with Crippen LogP contribution in [0.2, 0.25) is 5.02 Å². The van der Waals surface area contributed by atoms with Gasteiger partial charge in [0.25, 0.3) is 0 Å². The number of aromatic amines is 1. The Balaban J connectivity index is 1.38. The van der Waals surface area contributed by atoms with Crippen LogP contribution in [-0.2, 0) is 11.2 Å². The van der Waals surface area contributed by atoms with Gasteiger partial charge in [-0.2, -0.15) is 5.10 Å². The van der Waals surface area contributed by atoms with E-state index < -0.39 is 0 Å². The highest BCUT2D eigenvalue weighted by atomic mass is 35.5. The molecule has 0 radical (unpaired) electrons. The quantitative estimate of drug-likeness (QED) is 0.299. The molecule has 1 amide bonds. The third kappa shape index (κ3) is 4.33. The number of rotatable bonds is 5. The number of carbonyl (C=O) groups is 1. The summed E-state index contributed by atoms with van der Waals surface area (Å²) >= 11 is 7.34. The summed E-state index contributed by atoms with van der Waals surface area (Å²) in [6.45, 7) is 0. The number of aromatic nitrogens is 1. The fourth-order valence-corrected chi connectivity index (χ4v) is 4.78. The number of para-hydroxylation sites is 1. The first-order valence-corrected chi connectivity index (χ1v) is 11.4. The van der Waals surface area contributed by atoms with Crippen molar-refractivity contribution in [3.05, 3.63) is 95.0 Å². The highest BCUT2D eigenvalue weighted by Gasteiger charge is 2.30. The Kier molecular flexibility index (Phi) is 5.79. The Morgan fingerprint density at radius 2 is 1.72 bits per heavy atom. The van der Waals surface area contributed by atoms with Crippen molar-refractivity contribution >= 4 is 51.6 Å². The van der Waals surface area contributed by atoms with Gasteiger partial charge in [0.2, 0.25) is 5.91 Å². The smallest absolute Gasteiger partial charge is 0.239 e. The zero-order valence-electron chi connectivity index (χ0n) is 17.0. The molecule has 1 saturated heterocycles. The number of thioether (sulfide) groups is 1. The first kappa shape index (κ1) is 20.5. The number of nitrogens with zero attached hydrogens (tertiary/aromatic N) is 2. The molecule has 3 aromatic carbocycles. The Hall–Kier alpha value is -3.35. The van der Waals surface area contributed by atoms with Gasteiger partial charge in [-0.1, -0.05) is 84.0 Å². The maximum atomic E-state index is 12.4. The lowest BCUT2D eigenvalue weighted by Crippen LogP contribution is -2.25. The molecule has 32 heavy (non-hydrogen) atoms. The number of halogens is 1. The molecular formula is C25H19ClN4OS. The van der Waals surface area contributed by atoms with Crippen molar-refractivity contribution in [2.75, 3.05) is 0 Å². The van der Waals surface area contributed by atoms with E-state index >= 15 is 0 Å². The molecule has 2 heterocycles. The van der Waals surface area contributed by atoms with Gasteiger partial charge in [0, 0.05) is 21.5 Å². The van der Waals surface area contributed by atoms with Crippen LogP contribution >= 0.6 is 23.4 Å². The van der Waals surface area contributed by atoms with Gasteiger partial charge < -0.3 is 10.3 Å². The summed E-state index contributed by atoms with van der Waals surface area (Å²) in [6, 6.07) is 25.8. The molecule has 0 spiro atoms. The molecule has 2 N–H and O–H groups in total. The molecule has 1 aromatic heterocycles. The maximum absolute atomic E-state index is 12.4. The van der Waals surface area contributed by atoms with Gasteiger partial charge in [-0.25, -0.2) is 0 Å². The van der Waals surface area contributed by atoms with E-state index in [2.05, 4.69) is 38.7 Å². The van der Waals surface area contributed by atoms with Crippen LogP contribution in [-0.4, -0.2) is 27.5 Å². The number of nitrogens with one attached hydrogen (secondary N) is 2. The number of hydrogen-bond acceptors (Lipinski definition) is 4. The average Bonchev–Trinajstić information content (AvgIpc) is 3.36. The average molecular weight is 459 g/mol. The van der Waals surface area contributed by atoms with Crippen molar-refractivity contribution in [1.82, 2.24) is 10.3 Å². The lowest BCUT2D eigenvalue weighted by atomic mass is 10.1. The van der Waals surface area contributed by atoms with Crippen LogP contribution in [0.1, 0.15) is 11.1 Å². The number of fused-ring (bicyclic) bond motifs is 1. The van der Waals surface area contributed by atoms with E-state index in [0.717, 1.165) is 33.3 Å². The summed E-state index contributed by atoms with van der Waals surface area (Å²) in [6.07, 6.45) is 2.35. The van der Waals surface area contributed by atoms with E-state index in [1.54, 1.807) is 6.21 Å². The standard InChI is InChI=1S/C25H19ClN4OS/c26-18-12-10-16(11-13-18)14-22-24(31)29-25(32-22)30-27-15-20-19-8-4-5-9-21(19)28-23(20)17-6-2-1-3-7-17/h1-13,15,22,28H,14H2,(H,29,30,31)/b27-15+. The SMILES string of the molecule is O=C1N/C(=N\N=C\c2c(-c3ccccc3)[nH]c3ccccc23)SC1Cc1ccc(Cl)cc1. The molecule has 7 heteroatoms. The number of hydrogen-bond donors (Lipinski definition) is 2. The van der Waals surface area contributed by atoms with Crippen molar-refractivity contribution in [2.24, 2.45) is 10.2 Å². The first-order chi connectivity index (χ1) is 15.7. The molecule has 1 atom stereocenters. The first-order valence-electron chi connectivity index (χ1n) is 10.2. The van der Waals surface area contributed by atoms with E-state index in [-0.39, 0.29) is 11.2 Å². The molecule has 0 aliphatic carbocycles. The number of H-pyrrole nitrogens is 1. The molecule has 5 rings (SSSR count). The van der Waals surface area contributed by atoms with Crippen molar-refractivity contribution in [1.29, 1.82) is 0 Å². The van der Waals surface area contributed by atoms with Crippen LogP contribution in [0.15, 0.2) is 89.1 Å². The normalized spacial score (nSPS) is 17.5. The van der Waals surface area contributed by atoms with Crippen LogP contribution in [0.25, 0.3) is 22.2 Å². The highest BCUT2D eigenvalue weighted by molar-refractivity contribution is 8.15. The van der Waals surface area contributed by atoms with Gasteiger partial charge in [-0.05, 0) is 35.7 Å². The minimum Gasteiger partial charge on any atom is -0.354 e. The Labute approximate surface area is 194 Å². The second kappa shape index (κ2) is 9.02. The minimum atomic E-state index is -0.238. The second-order valence-corrected chi connectivity index (χ2v) is 9.03. The predicted octanol–water partition coefficient (Wildman–Crippen LogP) is 5.65. The molecule has 0 bridgehead atoms. The number of benzene rings is 3. The third-order valence-corrected chi connectivity index (χ3v) is 6.58. The summed E-state index contributed by atoms with van der Waals surface area (Å²) < 4.78 is 0. The van der Waals surface area contributed by atoms with Crippen molar-refractivity contribution in [2.45, 2.75) is 11.7 Å². The molecular weight excluding hydrogens is 440 g/mol. The molecule has 5 nitrogen and oxygen atoms in total. The number of amidine groups is 1. The minimum absolute atomic E-state index is 0.0593. The summed E-state index contributed by atoms with van der Waals surface area (Å²) in [4.78, 5) is 15.8. The predicted molar refractivity (Wildman–Crippen MR) is 133 cm³/mol. The van der Waals surface area contributed by atoms with Crippen molar-refractivity contribution < 1.29 is 4.79 Å². The van der Waals surface area contributed by atoms with Gasteiger partial charge >= 0.3 is 0 Å². The molecule has 1 unspecified atom stereocenters. The fourth-order valence-electron chi connectivity index (χ4n) is 3.69. The zero-order valence-corrected chi connectivity index (χ0v) is 18.5. The highest BCUT2D eigenvalue weighted by Crippen LogP contribution is 2.29. The Bertz CT molecular complexity index is 1330. The van der Waals surface area contributed by atoms with Gasteiger partial charge in [-0.3, -0.25) is 4.79 Å². The van der Waals surface area contributed by atoms with Gasteiger partial charge in [0.05, 0.1) is 17.2 Å². The Morgan fingerprint density at radius 1 is 0.969 bits per heavy atom. The monoisotopic (exact) mass is 458 g/mol. The Morgan fingerprint density at radius 3 is 2.53 bits per heavy atom. The van der Waals surface area contributed by atoms with E-state index in [1.165, 1.54) is 11.8 Å². The molecule has 158 valence electrons. The lowest BCUT2D eigenvalue weighted by Gasteiger charge is -2.05. The van der Waals surface area contributed by atoms with Crippen LogP contribution in [0, 0.1) is 0 Å². The zero-order chi connectivity index (χ0) is 21.9. The van der Waals surface area contributed by atoms with Gasteiger partial charge in [0.1, 0.15) is 0 Å². The molecule has 0 saturated carbocycles. The van der Waals surface area contributed by atoms with Crippen LogP contribution in [0.5, 0.6) is 0 Å². The van der Waals surface area contributed by atoms with Crippen LogP contribution in [0.3, 0.4) is 0 Å². The van der Waals surface area contributed by atoms with Crippen LogP contribution in [0.4, 0.5) is 0 Å². The molecule has 1 fully saturated rings. The topological polar surface area (TPSA) is 69.6 Å². The summed E-state index contributed by atoms with van der Waals surface area (Å²) in [7, 11) is 0.